The summed E-state index contributed by atoms with van der Waals surface area (Å²) in [7, 11) is 0. The summed E-state index contributed by atoms with van der Waals surface area (Å²) in [6.45, 7) is 0.927. The maximum atomic E-state index is 11.9. The first-order valence-corrected chi connectivity index (χ1v) is 8.21. The molecule has 0 spiro atoms. The molecular formula is C20H22N2O2. The fourth-order valence-corrected chi connectivity index (χ4v) is 2.92. The van der Waals surface area contributed by atoms with Crippen LogP contribution in [-0.2, 0) is 16.0 Å². The van der Waals surface area contributed by atoms with Crippen molar-refractivity contribution in [1.29, 1.82) is 0 Å². The van der Waals surface area contributed by atoms with E-state index in [-0.39, 0.29) is 18.6 Å². The van der Waals surface area contributed by atoms with Gasteiger partial charge >= 0.3 is 0 Å². The molecule has 1 atom stereocenters. The number of benzene rings is 2. The summed E-state index contributed by atoms with van der Waals surface area (Å²) in [6, 6.07) is 16.4. The van der Waals surface area contributed by atoms with Gasteiger partial charge in [-0.3, -0.25) is 4.79 Å². The average molecular weight is 322 g/mol. The molecule has 3 N–H and O–H groups in total. The zero-order valence-electron chi connectivity index (χ0n) is 13.6. The Balaban J connectivity index is 1.84. The predicted octanol–water partition coefficient (Wildman–Crippen LogP) is 2.55. The van der Waals surface area contributed by atoms with Crippen LogP contribution in [0.25, 0.3) is 12.2 Å². The molecule has 0 heterocycles. The van der Waals surface area contributed by atoms with E-state index in [2.05, 4.69) is 41.7 Å². The summed E-state index contributed by atoms with van der Waals surface area (Å²) < 4.78 is 5.97. The zero-order chi connectivity index (χ0) is 16.8. The number of hydrogen-bond acceptors (Lipinski definition) is 3. The highest BCUT2D eigenvalue weighted by Crippen LogP contribution is 2.30. The Hall–Kier alpha value is -2.43. The second-order valence-corrected chi connectivity index (χ2v) is 5.80. The number of amides is 1. The second kappa shape index (κ2) is 7.90. The van der Waals surface area contributed by atoms with Crippen LogP contribution in [0.3, 0.4) is 0 Å². The molecule has 0 aliphatic heterocycles. The molecule has 4 heteroatoms. The lowest BCUT2D eigenvalue weighted by Crippen LogP contribution is -2.32. The van der Waals surface area contributed by atoms with E-state index >= 15 is 0 Å². The van der Waals surface area contributed by atoms with Crippen LogP contribution in [0.1, 0.15) is 28.4 Å². The highest BCUT2D eigenvalue weighted by atomic mass is 16.5. The Bertz CT molecular complexity index is 740. The predicted molar refractivity (Wildman–Crippen MR) is 96.3 cm³/mol. The van der Waals surface area contributed by atoms with E-state index in [4.69, 9.17) is 10.5 Å². The largest absolute Gasteiger partial charge is 0.363 e. The van der Waals surface area contributed by atoms with Gasteiger partial charge in [-0.2, -0.15) is 0 Å². The molecule has 0 aromatic heterocycles. The van der Waals surface area contributed by atoms with Crippen LogP contribution in [-0.4, -0.2) is 25.6 Å². The van der Waals surface area contributed by atoms with Gasteiger partial charge in [-0.25, -0.2) is 0 Å². The summed E-state index contributed by atoms with van der Waals surface area (Å²) >= 11 is 0. The van der Waals surface area contributed by atoms with Crippen molar-refractivity contribution in [3.05, 3.63) is 70.8 Å². The van der Waals surface area contributed by atoms with Crippen molar-refractivity contribution in [3.63, 3.8) is 0 Å². The van der Waals surface area contributed by atoms with Gasteiger partial charge in [-0.05, 0) is 22.3 Å². The van der Waals surface area contributed by atoms with Crippen molar-refractivity contribution in [2.24, 2.45) is 5.73 Å². The first kappa shape index (κ1) is 16.4. The fourth-order valence-electron chi connectivity index (χ4n) is 2.92. The topological polar surface area (TPSA) is 64.3 Å². The van der Waals surface area contributed by atoms with E-state index in [1.165, 1.54) is 11.1 Å². The molecule has 0 bridgehead atoms. The van der Waals surface area contributed by atoms with Gasteiger partial charge in [0.1, 0.15) is 6.61 Å². The minimum atomic E-state index is -0.157. The fraction of sp³-hybridized carbons (Fsp3) is 0.250. The normalized spacial score (nSPS) is 17.1. The molecule has 4 nitrogen and oxygen atoms in total. The van der Waals surface area contributed by atoms with Crippen LogP contribution >= 0.6 is 0 Å². The molecular weight excluding hydrogens is 300 g/mol. The second-order valence-electron chi connectivity index (χ2n) is 5.80. The average Bonchev–Trinajstić information content (AvgIpc) is 2.61. The molecule has 3 rings (SSSR count). The Morgan fingerprint density at radius 2 is 1.79 bits per heavy atom. The Morgan fingerprint density at radius 1 is 1.08 bits per heavy atom. The molecule has 1 aliphatic carbocycles. The molecule has 124 valence electrons. The molecule has 0 fully saturated rings. The van der Waals surface area contributed by atoms with Gasteiger partial charge in [0.05, 0.1) is 6.10 Å². The van der Waals surface area contributed by atoms with E-state index < -0.39 is 0 Å². The minimum Gasteiger partial charge on any atom is -0.363 e. The maximum Gasteiger partial charge on any atom is 0.246 e. The van der Waals surface area contributed by atoms with E-state index in [0.29, 0.717) is 13.1 Å². The third kappa shape index (κ3) is 3.91. The third-order valence-electron chi connectivity index (χ3n) is 4.13. The molecule has 2 aromatic rings. The van der Waals surface area contributed by atoms with E-state index in [1.807, 2.05) is 24.3 Å². The monoisotopic (exact) mass is 322 g/mol. The summed E-state index contributed by atoms with van der Waals surface area (Å²) in [4.78, 5) is 11.9. The lowest BCUT2D eigenvalue weighted by molar-refractivity contribution is -0.127. The van der Waals surface area contributed by atoms with Crippen LogP contribution < -0.4 is 11.1 Å². The summed E-state index contributed by atoms with van der Waals surface area (Å²) in [6.07, 6.45) is 4.83. The smallest absolute Gasteiger partial charge is 0.246 e. The van der Waals surface area contributed by atoms with Crippen molar-refractivity contribution in [1.82, 2.24) is 5.32 Å². The lowest BCUT2D eigenvalue weighted by atomic mass is 9.91. The van der Waals surface area contributed by atoms with Crippen molar-refractivity contribution >= 4 is 18.1 Å². The van der Waals surface area contributed by atoms with Gasteiger partial charge in [-0.15, -0.1) is 0 Å². The van der Waals surface area contributed by atoms with Gasteiger partial charge < -0.3 is 15.8 Å². The van der Waals surface area contributed by atoms with E-state index in [1.54, 1.807) is 0 Å². The van der Waals surface area contributed by atoms with Crippen LogP contribution in [0.15, 0.2) is 48.5 Å². The highest BCUT2D eigenvalue weighted by Gasteiger charge is 2.19. The van der Waals surface area contributed by atoms with Crippen LogP contribution in [0, 0.1) is 0 Å². The summed E-state index contributed by atoms with van der Waals surface area (Å²) in [5.41, 5.74) is 10.0. The Kier molecular flexibility index (Phi) is 5.41. The van der Waals surface area contributed by atoms with Gasteiger partial charge in [0, 0.05) is 19.5 Å². The van der Waals surface area contributed by atoms with Crippen LogP contribution in [0.4, 0.5) is 0 Å². The third-order valence-corrected chi connectivity index (χ3v) is 4.13. The number of fused-ring (bicyclic) bond motifs is 2. The summed E-state index contributed by atoms with van der Waals surface area (Å²) in [5.74, 6) is -0.135. The molecule has 1 amide bonds. The van der Waals surface area contributed by atoms with Crippen LogP contribution in [0.2, 0.25) is 0 Å². The van der Waals surface area contributed by atoms with Gasteiger partial charge in [0.25, 0.3) is 0 Å². The van der Waals surface area contributed by atoms with Crippen molar-refractivity contribution < 1.29 is 9.53 Å². The quantitative estimate of drug-likeness (QED) is 0.889. The van der Waals surface area contributed by atoms with Gasteiger partial charge in [0.15, 0.2) is 0 Å². The molecule has 24 heavy (non-hydrogen) atoms. The summed E-state index contributed by atoms with van der Waals surface area (Å²) in [5, 5.41) is 2.74. The molecule has 1 aliphatic rings. The SMILES string of the molecule is NCCNC(=O)COC1Cc2ccccc2/C=C\c2ccccc21. The molecule has 1 unspecified atom stereocenters. The number of nitrogens with one attached hydrogen (secondary N) is 1. The van der Waals surface area contributed by atoms with Crippen LogP contribution in [0.5, 0.6) is 0 Å². The highest BCUT2D eigenvalue weighted by molar-refractivity contribution is 5.77. The van der Waals surface area contributed by atoms with Crippen molar-refractivity contribution in [3.8, 4) is 0 Å². The number of nitrogens with two attached hydrogens (primary N) is 1. The number of rotatable bonds is 5. The van der Waals surface area contributed by atoms with Crippen molar-refractivity contribution in [2.75, 3.05) is 19.7 Å². The first-order valence-electron chi connectivity index (χ1n) is 8.21. The zero-order valence-corrected chi connectivity index (χ0v) is 13.6. The molecule has 0 saturated carbocycles. The number of carbonyl (C=O) groups is 1. The molecule has 0 radical (unpaired) electrons. The van der Waals surface area contributed by atoms with Crippen molar-refractivity contribution in [2.45, 2.75) is 12.5 Å². The minimum absolute atomic E-state index is 0.0326. The Labute approximate surface area is 142 Å². The first-order chi connectivity index (χ1) is 11.8. The lowest BCUT2D eigenvalue weighted by Gasteiger charge is -2.23. The van der Waals surface area contributed by atoms with E-state index in [0.717, 1.165) is 17.5 Å². The number of hydrogen-bond donors (Lipinski definition) is 2. The number of ether oxygens (including phenoxy) is 1. The molecule has 2 aromatic carbocycles. The van der Waals surface area contributed by atoms with Gasteiger partial charge in [-0.1, -0.05) is 60.7 Å². The van der Waals surface area contributed by atoms with E-state index in [9.17, 15) is 4.79 Å². The molecule has 0 saturated heterocycles. The van der Waals surface area contributed by atoms with Gasteiger partial charge in [0.2, 0.25) is 5.91 Å². The standard InChI is InChI=1S/C20H22N2O2/c21-11-12-22-20(23)14-24-19-13-17-7-2-1-5-15(17)9-10-16-6-3-4-8-18(16)19/h1-10,19H,11-14,21H2,(H,22,23)/b10-9-. The Morgan fingerprint density at radius 3 is 2.62 bits per heavy atom. The maximum absolute atomic E-state index is 11.9. The number of carbonyl (C=O) groups excluding carboxylic acids is 1.